The Labute approximate surface area is 205 Å². The van der Waals surface area contributed by atoms with Crippen molar-refractivity contribution in [2.75, 3.05) is 36.0 Å². The Morgan fingerprint density at radius 1 is 1.17 bits per heavy atom. The van der Waals surface area contributed by atoms with Gasteiger partial charge in [0.15, 0.2) is 17.5 Å². The average Bonchev–Trinajstić information content (AvgIpc) is 3.50. The van der Waals surface area contributed by atoms with E-state index in [1.165, 1.54) is 6.92 Å². The standard InChI is InChI=1S/C23H24F2N8O3/c1-14(34)27-12-18-13-32(23(35)36-18)17-10-19(24)21(20(25)11-17)31-8-4-16(5-9-31)33-22(28-29-30-33)15-2-6-26-7-3-15/h2-3,6-7,10-11,16,18H,4-5,8-9,12-13H2,1H3,(H,27,34)/t18-/m0/s1. The van der Waals surface area contributed by atoms with Crippen molar-refractivity contribution in [2.45, 2.75) is 31.9 Å². The summed E-state index contributed by atoms with van der Waals surface area (Å²) >= 11 is 0. The molecule has 13 heteroatoms. The molecule has 2 amide bonds. The maximum atomic E-state index is 15.1. The van der Waals surface area contributed by atoms with Crippen molar-refractivity contribution in [3.8, 4) is 11.4 Å². The van der Waals surface area contributed by atoms with Crippen molar-refractivity contribution in [1.82, 2.24) is 30.5 Å². The third-order valence-electron chi connectivity index (χ3n) is 6.32. The van der Waals surface area contributed by atoms with Crippen molar-refractivity contribution in [3.63, 3.8) is 0 Å². The van der Waals surface area contributed by atoms with E-state index in [4.69, 9.17) is 4.74 Å². The minimum atomic E-state index is -0.763. The number of piperidine rings is 1. The number of hydrogen-bond donors (Lipinski definition) is 1. The highest BCUT2D eigenvalue weighted by Gasteiger charge is 2.34. The number of hydrogen-bond acceptors (Lipinski definition) is 8. The molecule has 1 N–H and O–H groups in total. The third-order valence-corrected chi connectivity index (χ3v) is 6.32. The molecule has 0 aliphatic carbocycles. The van der Waals surface area contributed by atoms with Crippen LogP contribution in [0.1, 0.15) is 25.8 Å². The lowest BCUT2D eigenvalue weighted by atomic mass is 10.0. The highest BCUT2D eigenvalue weighted by atomic mass is 19.1. The number of tetrazole rings is 1. The van der Waals surface area contributed by atoms with Gasteiger partial charge in [-0.25, -0.2) is 18.3 Å². The van der Waals surface area contributed by atoms with Crippen LogP contribution in [0.3, 0.4) is 0 Å². The summed E-state index contributed by atoms with van der Waals surface area (Å²) in [5.41, 5.74) is 0.769. The van der Waals surface area contributed by atoms with Gasteiger partial charge in [0.05, 0.1) is 24.8 Å². The number of anilines is 2. The van der Waals surface area contributed by atoms with E-state index in [0.717, 1.165) is 22.6 Å². The molecule has 2 aliphatic rings. The largest absolute Gasteiger partial charge is 0.442 e. The highest BCUT2D eigenvalue weighted by Crippen LogP contribution is 2.34. The first kappa shape index (κ1) is 23.6. The Kier molecular flexibility index (Phi) is 6.44. The van der Waals surface area contributed by atoms with Gasteiger partial charge < -0.3 is 15.0 Å². The van der Waals surface area contributed by atoms with E-state index in [9.17, 15) is 9.59 Å². The van der Waals surface area contributed by atoms with E-state index in [1.807, 2.05) is 12.1 Å². The molecule has 2 aliphatic heterocycles. The van der Waals surface area contributed by atoms with Crippen LogP contribution in [0.5, 0.6) is 0 Å². The molecule has 1 aromatic carbocycles. The van der Waals surface area contributed by atoms with E-state index in [2.05, 4.69) is 25.8 Å². The zero-order valence-electron chi connectivity index (χ0n) is 19.5. The van der Waals surface area contributed by atoms with Gasteiger partial charge in [-0.15, -0.1) is 5.10 Å². The average molecular weight is 498 g/mol. The smallest absolute Gasteiger partial charge is 0.414 e. The van der Waals surface area contributed by atoms with Gasteiger partial charge in [-0.3, -0.25) is 14.7 Å². The van der Waals surface area contributed by atoms with Crippen LogP contribution in [-0.4, -0.2) is 69.5 Å². The number of carbonyl (C=O) groups excluding carboxylic acids is 2. The van der Waals surface area contributed by atoms with Gasteiger partial charge in [0.25, 0.3) is 0 Å². The summed E-state index contributed by atoms with van der Waals surface area (Å²) in [5, 5.41) is 14.6. The minimum Gasteiger partial charge on any atom is -0.442 e. The maximum absolute atomic E-state index is 15.1. The van der Waals surface area contributed by atoms with Crippen molar-refractivity contribution in [1.29, 1.82) is 0 Å². The van der Waals surface area contributed by atoms with Gasteiger partial charge >= 0.3 is 6.09 Å². The Bertz CT molecular complexity index is 1240. The first-order chi connectivity index (χ1) is 17.4. The SMILES string of the molecule is CC(=O)NC[C@H]1CN(c2cc(F)c(N3CCC(n4nnnc4-c4ccncc4)CC3)c(F)c2)C(=O)O1. The maximum Gasteiger partial charge on any atom is 0.414 e. The number of carbonyl (C=O) groups is 2. The molecular weight excluding hydrogens is 474 g/mol. The van der Waals surface area contributed by atoms with Crippen molar-refractivity contribution in [3.05, 3.63) is 48.3 Å². The minimum absolute atomic E-state index is 0.0234. The highest BCUT2D eigenvalue weighted by molar-refractivity contribution is 5.90. The van der Waals surface area contributed by atoms with Crippen LogP contribution in [-0.2, 0) is 9.53 Å². The molecule has 2 aromatic heterocycles. The number of nitrogens with one attached hydrogen (secondary N) is 1. The molecule has 0 unspecified atom stereocenters. The number of benzene rings is 1. The van der Waals surface area contributed by atoms with Crippen LogP contribution in [0.2, 0.25) is 0 Å². The fourth-order valence-electron chi connectivity index (χ4n) is 4.57. The number of amides is 2. The quantitative estimate of drug-likeness (QED) is 0.550. The molecule has 0 saturated carbocycles. The molecule has 4 heterocycles. The van der Waals surface area contributed by atoms with Gasteiger partial charge in [-0.05, 0) is 35.4 Å². The van der Waals surface area contributed by atoms with E-state index < -0.39 is 23.8 Å². The molecule has 36 heavy (non-hydrogen) atoms. The normalized spacial score (nSPS) is 18.4. The van der Waals surface area contributed by atoms with Crippen LogP contribution < -0.4 is 15.1 Å². The van der Waals surface area contributed by atoms with Crippen LogP contribution in [0.15, 0.2) is 36.7 Å². The Balaban J connectivity index is 1.27. The van der Waals surface area contributed by atoms with E-state index in [1.54, 1.807) is 22.0 Å². The summed E-state index contributed by atoms with van der Waals surface area (Å²) in [7, 11) is 0. The van der Waals surface area contributed by atoms with Crippen LogP contribution >= 0.6 is 0 Å². The fourth-order valence-corrected chi connectivity index (χ4v) is 4.57. The second-order valence-electron chi connectivity index (χ2n) is 8.71. The molecular formula is C23H24F2N8O3. The zero-order valence-corrected chi connectivity index (χ0v) is 19.5. The summed E-state index contributed by atoms with van der Waals surface area (Å²) in [4.78, 5) is 30.2. The van der Waals surface area contributed by atoms with Crippen molar-refractivity contribution in [2.24, 2.45) is 0 Å². The van der Waals surface area contributed by atoms with Gasteiger partial charge in [0.1, 0.15) is 11.8 Å². The second kappa shape index (κ2) is 9.84. The van der Waals surface area contributed by atoms with Gasteiger partial charge in [0, 0.05) is 50.1 Å². The summed E-state index contributed by atoms with van der Waals surface area (Å²) in [6, 6.07) is 5.89. The number of aromatic nitrogens is 5. The molecule has 1 atom stereocenters. The lowest BCUT2D eigenvalue weighted by Crippen LogP contribution is -2.36. The number of nitrogens with zero attached hydrogens (tertiary/aromatic N) is 7. The lowest BCUT2D eigenvalue weighted by Gasteiger charge is -2.34. The molecule has 2 saturated heterocycles. The molecule has 0 bridgehead atoms. The fraction of sp³-hybridized carbons (Fsp3) is 0.391. The molecule has 3 aromatic rings. The number of rotatable bonds is 6. The Hall–Kier alpha value is -4.16. The van der Waals surface area contributed by atoms with Crippen molar-refractivity contribution < 1.29 is 23.1 Å². The van der Waals surface area contributed by atoms with Crippen molar-refractivity contribution >= 4 is 23.4 Å². The first-order valence-corrected chi connectivity index (χ1v) is 11.6. The third kappa shape index (κ3) is 4.68. The summed E-state index contributed by atoms with van der Waals surface area (Å²) < 4.78 is 37.2. The molecule has 0 spiro atoms. The van der Waals surface area contributed by atoms with E-state index in [0.29, 0.717) is 31.8 Å². The lowest BCUT2D eigenvalue weighted by molar-refractivity contribution is -0.119. The van der Waals surface area contributed by atoms with Gasteiger partial charge in [0.2, 0.25) is 5.91 Å². The van der Waals surface area contributed by atoms with Crippen LogP contribution in [0.25, 0.3) is 11.4 Å². The Morgan fingerprint density at radius 2 is 1.86 bits per heavy atom. The van der Waals surface area contributed by atoms with Gasteiger partial charge in [-0.2, -0.15) is 0 Å². The number of cyclic esters (lactones) is 1. The van der Waals surface area contributed by atoms with Crippen LogP contribution in [0.4, 0.5) is 25.0 Å². The summed E-state index contributed by atoms with van der Waals surface area (Å²) in [6.45, 7) is 2.36. The topological polar surface area (TPSA) is 118 Å². The molecule has 11 nitrogen and oxygen atoms in total. The van der Waals surface area contributed by atoms with E-state index in [-0.39, 0.29) is 36.4 Å². The van der Waals surface area contributed by atoms with E-state index >= 15 is 8.78 Å². The van der Waals surface area contributed by atoms with Crippen LogP contribution in [0, 0.1) is 11.6 Å². The second-order valence-corrected chi connectivity index (χ2v) is 8.71. The monoisotopic (exact) mass is 498 g/mol. The molecule has 0 radical (unpaired) electrons. The molecule has 5 rings (SSSR count). The summed E-state index contributed by atoms with van der Waals surface area (Å²) in [6.07, 6.45) is 3.19. The first-order valence-electron chi connectivity index (χ1n) is 11.6. The number of pyridine rings is 1. The predicted octanol–water partition coefficient (Wildman–Crippen LogP) is 2.32. The summed E-state index contributed by atoms with van der Waals surface area (Å²) in [5.74, 6) is -1.17. The molecule has 2 fully saturated rings. The number of halogens is 2. The predicted molar refractivity (Wildman–Crippen MR) is 124 cm³/mol. The zero-order chi connectivity index (χ0) is 25.2. The Morgan fingerprint density at radius 3 is 2.53 bits per heavy atom. The molecule has 188 valence electrons. The number of ether oxygens (including phenoxy) is 1. The van der Waals surface area contributed by atoms with Gasteiger partial charge in [-0.1, -0.05) is 0 Å².